The van der Waals surface area contributed by atoms with Crippen molar-refractivity contribution in [2.24, 2.45) is 11.8 Å². The van der Waals surface area contributed by atoms with Gasteiger partial charge < -0.3 is 4.90 Å². The standard InChI is InChI=1S/C13H31N3/c1-5-12(6-2)11-13(15-14)9-10-16(7-3)8-4/h12-13,15H,5-11,14H2,1-4H3. The van der Waals surface area contributed by atoms with Crippen LogP contribution < -0.4 is 11.3 Å². The monoisotopic (exact) mass is 229 g/mol. The van der Waals surface area contributed by atoms with Crippen molar-refractivity contribution >= 4 is 0 Å². The highest BCUT2D eigenvalue weighted by atomic mass is 15.2. The maximum absolute atomic E-state index is 5.63. The summed E-state index contributed by atoms with van der Waals surface area (Å²) >= 11 is 0. The van der Waals surface area contributed by atoms with Crippen molar-refractivity contribution in [3.8, 4) is 0 Å². The lowest BCUT2D eigenvalue weighted by molar-refractivity contribution is 0.264. The van der Waals surface area contributed by atoms with Gasteiger partial charge in [-0.3, -0.25) is 11.3 Å². The third-order valence-electron chi connectivity index (χ3n) is 3.70. The number of rotatable bonds is 10. The first kappa shape index (κ1) is 15.9. The fourth-order valence-corrected chi connectivity index (χ4v) is 2.17. The molecule has 0 aliphatic heterocycles. The van der Waals surface area contributed by atoms with Crippen molar-refractivity contribution in [1.29, 1.82) is 0 Å². The lowest BCUT2D eigenvalue weighted by Crippen LogP contribution is -2.39. The Morgan fingerprint density at radius 1 is 1.06 bits per heavy atom. The van der Waals surface area contributed by atoms with Crippen molar-refractivity contribution in [3.63, 3.8) is 0 Å². The topological polar surface area (TPSA) is 41.3 Å². The molecule has 0 amide bonds. The minimum atomic E-state index is 0.477. The molecule has 0 spiro atoms. The van der Waals surface area contributed by atoms with Gasteiger partial charge in [0.25, 0.3) is 0 Å². The van der Waals surface area contributed by atoms with E-state index in [4.69, 9.17) is 5.84 Å². The van der Waals surface area contributed by atoms with Gasteiger partial charge in [0, 0.05) is 6.04 Å². The third kappa shape index (κ3) is 6.46. The number of hydrazine groups is 1. The predicted molar refractivity (Wildman–Crippen MR) is 72.2 cm³/mol. The van der Waals surface area contributed by atoms with E-state index in [0.29, 0.717) is 6.04 Å². The highest BCUT2D eigenvalue weighted by molar-refractivity contribution is 4.70. The summed E-state index contributed by atoms with van der Waals surface area (Å²) in [5.74, 6) is 6.45. The second kappa shape index (κ2) is 10.1. The average molecular weight is 229 g/mol. The lowest BCUT2D eigenvalue weighted by Gasteiger charge is -2.24. The SMILES string of the molecule is CCC(CC)CC(CCN(CC)CC)NN. The molecule has 0 saturated carbocycles. The molecule has 0 aliphatic carbocycles. The first-order chi connectivity index (χ1) is 7.71. The van der Waals surface area contributed by atoms with Crippen LogP contribution >= 0.6 is 0 Å². The Bertz CT molecular complexity index is 142. The van der Waals surface area contributed by atoms with Gasteiger partial charge in [0.05, 0.1) is 0 Å². The minimum Gasteiger partial charge on any atom is -0.304 e. The average Bonchev–Trinajstić information content (AvgIpc) is 2.34. The summed E-state index contributed by atoms with van der Waals surface area (Å²) in [6.07, 6.45) is 4.90. The van der Waals surface area contributed by atoms with Gasteiger partial charge >= 0.3 is 0 Å². The van der Waals surface area contributed by atoms with Gasteiger partial charge in [0.2, 0.25) is 0 Å². The largest absolute Gasteiger partial charge is 0.304 e. The number of hydrogen-bond donors (Lipinski definition) is 2. The Kier molecular flexibility index (Phi) is 9.99. The summed E-state index contributed by atoms with van der Waals surface area (Å²) < 4.78 is 0. The highest BCUT2D eigenvalue weighted by Crippen LogP contribution is 2.16. The zero-order chi connectivity index (χ0) is 12.4. The summed E-state index contributed by atoms with van der Waals surface area (Å²) in [4.78, 5) is 2.46. The molecule has 0 aromatic rings. The summed E-state index contributed by atoms with van der Waals surface area (Å²) in [5.41, 5.74) is 2.98. The Morgan fingerprint density at radius 2 is 1.62 bits per heavy atom. The first-order valence-corrected chi connectivity index (χ1v) is 6.90. The van der Waals surface area contributed by atoms with Gasteiger partial charge in [-0.25, -0.2) is 0 Å². The van der Waals surface area contributed by atoms with Gasteiger partial charge in [-0.2, -0.15) is 0 Å². The second-order valence-electron chi connectivity index (χ2n) is 4.60. The molecule has 0 aromatic heterocycles. The smallest absolute Gasteiger partial charge is 0.0225 e. The molecule has 3 heteroatoms. The molecule has 1 unspecified atom stereocenters. The minimum absolute atomic E-state index is 0.477. The molecule has 0 saturated heterocycles. The molecule has 3 N–H and O–H groups in total. The summed E-state index contributed by atoms with van der Waals surface area (Å²) in [6.45, 7) is 12.4. The van der Waals surface area contributed by atoms with E-state index in [0.717, 1.165) is 32.0 Å². The molecular formula is C13H31N3. The molecule has 0 heterocycles. The molecule has 0 aliphatic rings. The van der Waals surface area contributed by atoms with Gasteiger partial charge in [-0.1, -0.05) is 40.5 Å². The molecule has 0 aromatic carbocycles. The Hall–Kier alpha value is -0.120. The highest BCUT2D eigenvalue weighted by Gasteiger charge is 2.13. The molecule has 0 rings (SSSR count). The Labute approximate surface area is 102 Å². The molecule has 16 heavy (non-hydrogen) atoms. The van der Waals surface area contributed by atoms with Crippen LogP contribution in [0.25, 0.3) is 0 Å². The fraction of sp³-hybridized carbons (Fsp3) is 1.00. The molecule has 0 bridgehead atoms. The van der Waals surface area contributed by atoms with E-state index in [-0.39, 0.29) is 0 Å². The normalized spacial score (nSPS) is 13.7. The van der Waals surface area contributed by atoms with E-state index in [1.54, 1.807) is 0 Å². The zero-order valence-corrected chi connectivity index (χ0v) is 11.6. The number of nitrogens with two attached hydrogens (primary N) is 1. The second-order valence-corrected chi connectivity index (χ2v) is 4.60. The van der Waals surface area contributed by atoms with E-state index in [1.807, 2.05) is 0 Å². The van der Waals surface area contributed by atoms with Crippen LogP contribution in [0.4, 0.5) is 0 Å². The van der Waals surface area contributed by atoms with E-state index >= 15 is 0 Å². The van der Waals surface area contributed by atoms with Crippen LogP contribution in [0.3, 0.4) is 0 Å². The Morgan fingerprint density at radius 3 is 2.00 bits per heavy atom. The van der Waals surface area contributed by atoms with Crippen LogP contribution in [0.5, 0.6) is 0 Å². The maximum atomic E-state index is 5.63. The van der Waals surface area contributed by atoms with Crippen molar-refractivity contribution in [2.75, 3.05) is 19.6 Å². The lowest BCUT2D eigenvalue weighted by atomic mass is 9.93. The maximum Gasteiger partial charge on any atom is 0.0225 e. The van der Waals surface area contributed by atoms with E-state index < -0.39 is 0 Å². The van der Waals surface area contributed by atoms with Gasteiger partial charge in [-0.05, 0) is 38.4 Å². The number of nitrogens with one attached hydrogen (secondary N) is 1. The molecular weight excluding hydrogens is 198 g/mol. The van der Waals surface area contributed by atoms with Crippen molar-refractivity contribution in [2.45, 2.75) is 59.4 Å². The molecule has 0 radical (unpaired) electrons. The van der Waals surface area contributed by atoms with Crippen LogP contribution in [0.15, 0.2) is 0 Å². The van der Waals surface area contributed by atoms with Crippen LogP contribution in [-0.2, 0) is 0 Å². The van der Waals surface area contributed by atoms with Gasteiger partial charge in [0.15, 0.2) is 0 Å². The summed E-state index contributed by atoms with van der Waals surface area (Å²) in [6, 6.07) is 0.477. The van der Waals surface area contributed by atoms with Crippen LogP contribution in [0, 0.1) is 5.92 Å². The molecule has 98 valence electrons. The quantitative estimate of drug-likeness (QED) is 0.446. The summed E-state index contributed by atoms with van der Waals surface area (Å²) in [7, 11) is 0. The Balaban J connectivity index is 3.90. The van der Waals surface area contributed by atoms with Crippen molar-refractivity contribution in [3.05, 3.63) is 0 Å². The number of hydrogen-bond acceptors (Lipinski definition) is 3. The molecule has 3 nitrogen and oxygen atoms in total. The summed E-state index contributed by atoms with van der Waals surface area (Å²) in [5, 5.41) is 0. The van der Waals surface area contributed by atoms with Crippen molar-refractivity contribution in [1.82, 2.24) is 10.3 Å². The van der Waals surface area contributed by atoms with Gasteiger partial charge in [-0.15, -0.1) is 0 Å². The molecule has 0 fully saturated rings. The third-order valence-corrected chi connectivity index (χ3v) is 3.70. The van der Waals surface area contributed by atoms with E-state index in [1.165, 1.54) is 19.3 Å². The van der Waals surface area contributed by atoms with E-state index in [9.17, 15) is 0 Å². The number of nitrogens with zero attached hydrogens (tertiary/aromatic N) is 1. The van der Waals surface area contributed by atoms with Gasteiger partial charge in [0.1, 0.15) is 0 Å². The van der Waals surface area contributed by atoms with E-state index in [2.05, 4.69) is 38.0 Å². The first-order valence-electron chi connectivity index (χ1n) is 6.90. The van der Waals surface area contributed by atoms with Crippen LogP contribution in [0.2, 0.25) is 0 Å². The van der Waals surface area contributed by atoms with Crippen LogP contribution in [-0.4, -0.2) is 30.6 Å². The van der Waals surface area contributed by atoms with Crippen LogP contribution in [0.1, 0.15) is 53.4 Å². The zero-order valence-electron chi connectivity index (χ0n) is 11.6. The predicted octanol–water partition coefficient (Wildman–Crippen LogP) is 2.38. The molecule has 1 atom stereocenters. The van der Waals surface area contributed by atoms with Crippen molar-refractivity contribution < 1.29 is 0 Å². The fourth-order valence-electron chi connectivity index (χ4n) is 2.17.